The van der Waals surface area contributed by atoms with Crippen LogP contribution in [-0.2, 0) is 4.74 Å². The van der Waals surface area contributed by atoms with E-state index in [4.69, 9.17) is 22.2 Å². The fourth-order valence-corrected chi connectivity index (χ4v) is 0.863. The van der Waals surface area contributed by atoms with Gasteiger partial charge in [0.05, 0.1) is 6.61 Å². The van der Waals surface area contributed by atoms with Gasteiger partial charge in [0.15, 0.2) is 0 Å². The maximum Gasteiger partial charge on any atom is 0.143 e. The summed E-state index contributed by atoms with van der Waals surface area (Å²) in [5, 5.41) is 0. The zero-order valence-corrected chi connectivity index (χ0v) is 8.28. The molecule has 0 fully saturated rings. The zero-order valence-electron chi connectivity index (χ0n) is 6.71. The second-order valence-corrected chi connectivity index (χ2v) is 3.17. The highest BCUT2D eigenvalue weighted by atomic mass is 35.5. The van der Waals surface area contributed by atoms with Crippen LogP contribution in [-0.4, -0.2) is 30.6 Å². The summed E-state index contributed by atoms with van der Waals surface area (Å²) in [5.74, 6) is 1.28. The predicted molar refractivity (Wildman–Crippen MR) is 51.3 cm³/mol. The topological polar surface area (TPSA) is 47.6 Å². The molecule has 1 unspecified atom stereocenters. The molecule has 5 heteroatoms. The third-order valence-electron chi connectivity index (χ3n) is 1.17. The van der Waals surface area contributed by atoms with E-state index < -0.39 is 0 Å². The molecule has 0 rings (SSSR count). The van der Waals surface area contributed by atoms with E-state index in [1.807, 2.05) is 13.2 Å². The van der Waals surface area contributed by atoms with Gasteiger partial charge in [-0.15, -0.1) is 0 Å². The number of rotatable bonds is 5. The van der Waals surface area contributed by atoms with Gasteiger partial charge in [-0.3, -0.25) is 0 Å². The molecule has 0 amide bonds. The van der Waals surface area contributed by atoms with Crippen molar-refractivity contribution in [2.45, 2.75) is 13.0 Å². The molecular formula is C6H13ClN2OS. The average molecular weight is 197 g/mol. The summed E-state index contributed by atoms with van der Waals surface area (Å²) in [6.45, 7) is 2.50. The van der Waals surface area contributed by atoms with Crippen LogP contribution in [0.4, 0.5) is 0 Å². The second-order valence-electron chi connectivity index (χ2n) is 2.02. The molecule has 0 heterocycles. The van der Waals surface area contributed by atoms with Crippen LogP contribution in [0.25, 0.3) is 0 Å². The smallest absolute Gasteiger partial charge is 0.143 e. The minimum atomic E-state index is -0.181. The van der Waals surface area contributed by atoms with E-state index in [0.717, 1.165) is 5.75 Å². The molecule has 0 aromatic rings. The number of halogens is 1. The number of hydrogen-bond acceptors (Lipinski definition) is 3. The summed E-state index contributed by atoms with van der Waals surface area (Å²) in [6.07, 6.45) is 1.84. The van der Waals surface area contributed by atoms with Gasteiger partial charge >= 0.3 is 0 Å². The number of nitrogens with two attached hydrogens (primary N) is 1. The van der Waals surface area contributed by atoms with Crippen molar-refractivity contribution in [3.8, 4) is 0 Å². The molecule has 0 saturated heterocycles. The summed E-state index contributed by atoms with van der Waals surface area (Å²) in [6, 6.07) is 0. The zero-order chi connectivity index (χ0) is 8.69. The Morgan fingerprint density at radius 3 is 2.91 bits per heavy atom. The lowest BCUT2D eigenvalue weighted by Crippen LogP contribution is -2.28. The van der Waals surface area contributed by atoms with Gasteiger partial charge in [-0.05, 0) is 13.2 Å². The molecule has 0 radical (unpaired) electrons. The largest absolute Gasteiger partial charge is 0.384 e. The van der Waals surface area contributed by atoms with Crippen molar-refractivity contribution in [1.82, 2.24) is 0 Å². The van der Waals surface area contributed by atoms with E-state index in [-0.39, 0.29) is 6.10 Å². The first-order valence-corrected chi connectivity index (χ1v) is 5.00. The third-order valence-corrected chi connectivity index (χ3v) is 1.94. The van der Waals surface area contributed by atoms with Gasteiger partial charge in [0.25, 0.3) is 0 Å². The van der Waals surface area contributed by atoms with Gasteiger partial charge in [-0.2, -0.15) is 16.3 Å². The van der Waals surface area contributed by atoms with Crippen LogP contribution in [0.1, 0.15) is 6.92 Å². The molecule has 66 valence electrons. The van der Waals surface area contributed by atoms with Crippen molar-refractivity contribution in [3.63, 3.8) is 0 Å². The first-order chi connectivity index (χ1) is 5.22. The second kappa shape index (κ2) is 6.76. The minimum absolute atomic E-state index is 0.181. The molecule has 0 spiro atoms. The van der Waals surface area contributed by atoms with Gasteiger partial charge in [0.1, 0.15) is 11.9 Å². The van der Waals surface area contributed by atoms with Gasteiger partial charge in [0.2, 0.25) is 0 Å². The SMILES string of the molecule is CSCCOC(C)/C(N)=N/Cl. The predicted octanol–water partition coefficient (Wildman–Crippen LogP) is 1.27. The highest BCUT2D eigenvalue weighted by Gasteiger charge is 2.05. The lowest BCUT2D eigenvalue weighted by molar-refractivity contribution is 0.124. The molecule has 2 N–H and O–H groups in total. The Kier molecular flexibility index (Phi) is 6.80. The van der Waals surface area contributed by atoms with Crippen molar-refractivity contribution >= 4 is 29.4 Å². The molecule has 0 aliphatic heterocycles. The van der Waals surface area contributed by atoms with Crippen LogP contribution >= 0.6 is 23.5 Å². The van der Waals surface area contributed by atoms with Crippen molar-refractivity contribution in [3.05, 3.63) is 0 Å². The molecule has 0 aromatic carbocycles. The Bertz CT molecular complexity index is 132. The van der Waals surface area contributed by atoms with E-state index in [9.17, 15) is 0 Å². The normalized spacial score (nSPS) is 15.0. The van der Waals surface area contributed by atoms with Crippen LogP contribution in [0.3, 0.4) is 0 Å². The molecule has 0 bridgehead atoms. The van der Waals surface area contributed by atoms with E-state index in [1.165, 1.54) is 0 Å². The average Bonchev–Trinajstić information content (AvgIpc) is 2.03. The third kappa shape index (κ3) is 5.35. The molecule has 0 saturated carbocycles. The van der Waals surface area contributed by atoms with Crippen LogP contribution in [0, 0.1) is 0 Å². The highest BCUT2D eigenvalue weighted by molar-refractivity contribution is 7.98. The monoisotopic (exact) mass is 196 g/mol. The van der Waals surface area contributed by atoms with Gasteiger partial charge in [0, 0.05) is 17.5 Å². The number of amidine groups is 1. The number of nitrogens with zero attached hydrogens (tertiary/aromatic N) is 1. The van der Waals surface area contributed by atoms with Crippen LogP contribution in [0.15, 0.2) is 4.51 Å². The molecule has 0 aliphatic carbocycles. The lowest BCUT2D eigenvalue weighted by Gasteiger charge is -2.10. The molecule has 0 aliphatic rings. The fourth-order valence-electron chi connectivity index (χ4n) is 0.462. The van der Waals surface area contributed by atoms with E-state index in [1.54, 1.807) is 11.8 Å². The lowest BCUT2D eigenvalue weighted by atomic mass is 10.4. The summed E-state index contributed by atoms with van der Waals surface area (Å²) >= 11 is 6.86. The maximum atomic E-state index is 5.38. The van der Waals surface area contributed by atoms with E-state index >= 15 is 0 Å². The van der Waals surface area contributed by atoms with Gasteiger partial charge in [-0.25, -0.2) is 0 Å². The Labute approximate surface area is 76.5 Å². The summed E-state index contributed by atoms with van der Waals surface area (Å²) in [5.41, 5.74) is 5.38. The Morgan fingerprint density at radius 2 is 2.45 bits per heavy atom. The van der Waals surface area contributed by atoms with Crippen molar-refractivity contribution in [2.24, 2.45) is 10.2 Å². The molecular weight excluding hydrogens is 184 g/mol. The summed E-state index contributed by atoms with van der Waals surface area (Å²) < 4.78 is 8.58. The van der Waals surface area contributed by atoms with Crippen molar-refractivity contribution in [1.29, 1.82) is 0 Å². The summed E-state index contributed by atoms with van der Waals surface area (Å²) in [7, 11) is 0. The van der Waals surface area contributed by atoms with Crippen LogP contribution in [0.5, 0.6) is 0 Å². The standard InChI is InChI=1S/C6H13ClN2OS/c1-5(6(8)9-7)10-3-4-11-2/h5H,3-4H2,1-2H3,(H2,8,9). The quantitative estimate of drug-likeness (QED) is 0.409. The molecule has 11 heavy (non-hydrogen) atoms. The van der Waals surface area contributed by atoms with Crippen LogP contribution in [0.2, 0.25) is 0 Å². The van der Waals surface area contributed by atoms with E-state index in [2.05, 4.69) is 4.51 Å². The maximum absolute atomic E-state index is 5.38. The highest BCUT2D eigenvalue weighted by Crippen LogP contribution is 1.96. The first kappa shape index (κ1) is 11.1. The number of ether oxygens (including phenoxy) is 1. The van der Waals surface area contributed by atoms with Gasteiger partial charge in [-0.1, -0.05) is 0 Å². The van der Waals surface area contributed by atoms with Crippen LogP contribution < -0.4 is 5.73 Å². The van der Waals surface area contributed by atoms with Gasteiger partial charge < -0.3 is 10.5 Å². The first-order valence-electron chi connectivity index (χ1n) is 3.27. The Morgan fingerprint density at radius 1 is 1.82 bits per heavy atom. The fraction of sp³-hybridized carbons (Fsp3) is 0.833. The Balaban J connectivity index is 3.44. The molecule has 1 atom stereocenters. The molecule has 3 nitrogen and oxygen atoms in total. The number of hydrogen-bond donors (Lipinski definition) is 1. The van der Waals surface area contributed by atoms with Crippen molar-refractivity contribution in [2.75, 3.05) is 18.6 Å². The van der Waals surface area contributed by atoms with Crippen molar-refractivity contribution < 1.29 is 4.74 Å². The van der Waals surface area contributed by atoms with E-state index in [0.29, 0.717) is 12.4 Å². The minimum Gasteiger partial charge on any atom is -0.384 e. The number of thioether (sulfide) groups is 1. The summed E-state index contributed by atoms with van der Waals surface area (Å²) in [4.78, 5) is 0. The Hall–Kier alpha value is 0.0700. The molecule has 0 aromatic heterocycles.